The first-order valence-electron chi connectivity index (χ1n) is 12.2. The summed E-state index contributed by atoms with van der Waals surface area (Å²) in [6, 6.07) is 19.5. The van der Waals surface area contributed by atoms with Gasteiger partial charge in [0.15, 0.2) is 5.71 Å². The minimum atomic E-state index is -0.610. The number of nitrogens with one attached hydrogen (secondary N) is 1. The molecule has 0 bridgehead atoms. The smallest absolute Gasteiger partial charge is 0.359 e. The van der Waals surface area contributed by atoms with Crippen LogP contribution in [0.1, 0.15) is 56.0 Å². The average Bonchev–Trinajstić information content (AvgIpc) is 2.84. The molecule has 6 heteroatoms. The first-order chi connectivity index (χ1) is 16.8. The van der Waals surface area contributed by atoms with Gasteiger partial charge in [0.1, 0.15) is 11.9 Å². The van der Waals surface area contributed by atoms with Crippen LogP contribution in [-0.4, -0.2) is 28.8 Å². The number of hydrazone groups is 1. The zero-order valence-electron chi connectivity index (χ0n) is 20.4. The second-order valence-corrected chi connectivity index (χ2v) is 9.75. The maximum Gasteiger partial charge on any atom is 0.359 e. The lowest BCUT2D eigenvalue weighted by molar-refractivity contribution is -0.147. The van der Waals surface area contributed by atoms with Crippen LogP contribution in [-0.2, 0) is 9.53 Å². The fourth-order valence-corrected chi connectivity index (χ4v) is 4.84. The molecule has 0 heterocycles. The zero-order valence-corrected chi connectivity index (χ0v) is 20.4. The van der Waals surface area contributed by atoms with Gasteiger partial charge in [-0.3, -0.25) is 4.79 Å². The topological polar surface area (TPSA) is 88.0 Å². The lowest BCUT2D eigenvalue weighted by atomic mass is 9.75. The molecular weight excluding hydrogens is 440 g/mol. The van der Waals surface area contributed by atoms with E-state index in [4.69, 9.17) is 4.74 Å². The van der Waals surface area contributed by atoms with Gasteiger partial charge in [-0.25, -0.2) is 10.2 Å². The van der Waals surface area contributed by atoms with E-state index in [1.54, 1.807) is 30.3 Å². The van der Waals surface area contributed by atoms with Crippen molar-refractivity contribution in [3.8, 4) is 5.75 Å². The lowest BCUT2D eigenvalue weighted by Gasteiger charge is -2.36. The summed E-state index contributed by atoms with van der Waals surface area (Å²) in [5, 5.41) is 16.2. The highest BCUT2D eigenvalue weighted by Crippen LogP contribution is 2.35. The molecule has 4 rings (SSSR count). The Morgan fingerprint density at radius 1 is 1.00 bits per heavy atom. The summed E-state index contributed by atoms with van der Waals surface area (Å²) in [5.74, 6) is -0.166. The van der Waals surface area contributed by atoms with E-state index in [-0.39, 0.29) is 29.0 Å². The van der Waals surface area contributed by atoms with E-state index < -0.39 is 11.9 Å². The van der Waals surface area contributed by atoms with E-state index >= 15 is 0 Å². The predicted molar refractivity (Wildman–Crippen MR) is 137 cm³/mol. The van der Waals surface area contributed by atoms with Gasteiger partial charge in [0, 0.05) is 5.56 Å². The van der Waals surface area contributed by atoms with Crippen LogP contribution in [0.3, 0.4) is 0 Å². The molecule has 0 aliphatic heterocycles. The summed E-state index contributed by atoms with van der Waals surface area (Å²) < 4.78 is 6.00. The maximum atomic E-state index is 13.3. The van der Waals surface area contributed by atoms with E-state index in [9.17, 15) is 14.7 Å². The number of hydrogen-bond donors (Lipinski definition) is 2. The van der Waals surface area contributed by atoms with Gasteiger partial charge >= 0.3 is 5.97 Å². The van der Waals surface area contributed by atoms with Crippen molar-refractivity contribution < 1.29 is 19.4 Å². The number of nitrogens with zero attached hydrogens (tertiary/aromatic N) is 1. The molecule has 2 N–H and O–H groups in total. The molecular formula is C29H32N2O4. The van der Waals surface area contributed by atoms with Gasteiger partial charge in [0.25, 0.3) is 5.91 Å². The monoisotopic (exact) mass is 472 g/mol. The predicted octanol–water partition coefficient (Wildman–Crippen LogP) is 5.68. The summed E-state index contributed by atoms with van der Waals surface area (Å²) in [6.45, 7) is 6.49. The van der Waals surface area contributed by atoms with Gasteiger partial charge in [0.2, 0.25) is 0 Å². The van der Waals surface area contributed by atoms with Gasteiger partial charge in [0.05, 0.1) is 5.56 Å². The molecule has 3 aromatic carbocycles. The Morgan fingerprint density at radius 3 is 2.34 bits per heavy atom. The van der Waals surface area contributed by atoms with Gasteiger partial charge in [-0.15, -0.1) is 0 Å². The number of fused-ring (bicyclic) bond motifs is 1. The Hall–Kier alpha value is -3.67. The Bertz CT molecular complexity index is 1240. The molecule has 6 nitrogen and oxygen atoms in total. The van der Waals surface area contributed by atoms with Crippen molar-refractivity contribution >= 4 is 28.4 Å². The Morgan fingerprint density at radius 2 is 1.66 bits per heavy atom. The number of rotatable bonds is 6. The molecule has 3 aromatic rings. The number of aromatic hydroxyl groups is 1. The SMILES string of the molecule is CC(C)[C@@H]1CC[C@@H](C)C[C@H]1OC(=O)C(=NNC(=O)c1cc2ccccc2cc1O)c1ccccc1. The van der Waals surface area contributed by atoms with Gasteiger partial charge < -0.3 is 9.84 Å². The van der Waals surface area contributed by atoms with Crippen LogP contribution in [0.25, 0.3) is 10.8 Å². The summed E-state index contributed by atoms with van der Waals surface area (Å²) in [7, 11) is 0. The highest BCUT2D eigenvalue weighted by Gasteiger charge is 2.34. The molecule has 0 radical (unpaired) electrons. The number of carbonyl (C=O) groups excluding carboxylic acids is 2. The summed E-state index contributed by atoms with van der Waals surface area (Å²) in [4.78, 5) is 26.2. The van der Waals surface area contributed by atoms with E-state index in [0.29, 0.717) is 17.4 Å². The second-order valence-electron chi connectivity index (χ2n) is 9.75. The number of hydrogen-bond acceptors (Lipinski definition) is 5. The summed E-state index contributed by atoms with van der Waals surface area (Å²) in [6.07, 6.45) is 2.77. The van der Waals surface area contributed by atoms with E-state index in [1.807, 2.05) is 30.3 Å². The Balaban J connectivity index is 1.59. The van der Waals surface area contributed by atoms with Gasteiger partial charge in [-0.2, -0.15) is 5.10 Å². The number of phenols is 1. The minimum absolute atomic E-state index is 0.0277. The zero-order chi connectivity index (χ0) is 24.9. The summed E-state index contributed by atoms with van der Waals surface area (Å²) >= 11 is 0. The Kier molecular flexibility index (Phi) is 7.49. The molecule has 0 aromatic heterocycles. The number of benzene rings is 3. The van der Waals surface area contributed by atoms with Crippen LogP contribution in [0.5, 0.6) is 5.75 Å². The largest absolute Gasteiger partial charge is 0.507 e. The van der Waals surface area contributed by atoms with E-state index in [2.05, 4.69) is 31.3 Å². The molecule has 1 aliphatic rings. The van der Waals surface area contributed by atoms with Crippen LogP contribution in [0, 0.1) is 17.8 Å². The third-order valence-electron chi connectivity index (χ3n) is 6.84. The third kappa shape index (κ3) is 5.70. The molecule has 35 heavy (non-hydrogen) atoms. The number of phenolic OH excluding ortho intramolecular Hbond substituents is 1. The molecule has 1 aliphatic carbocycles. The Labute approximate surface area is 206 Å². The molecule has 1 fully saturated rings. The number of amides is 1. The van der Waals surface area contributed by atoms with E-state index in [0.717, 1.165) is 30.0 Å². The van der Waals surface area contributed by atoms with Crippen LogP contribution in [0.15, 0.2) is 71.8 Å². The van der Waals surface area contributed by atoms with Crippen molar-refractivity contribution in [3.05, 3.63) is 77.9 Å². The normalized spacial score (nSPS) is 20.6. The van der Waals surface area contributed by atoms with Crippen molar-refractivity contribution in [3.63, 3.8) is 0 Å². The minimum Gasteiger partial charge on any atom is -0.507 e. The molecule has 1 amide bonds. The van der Waals surface area contributed by atoms with Crippen molar-refractivity contribution in [1.29, 1.82) is 0 Å². The number of carbonyl (C=O) groups is 2. The first-order valence-corrected chi connectivity index (χ1v) is 12.2. The standard InChI is InChI=1S/C29H32N2O4/c1-18(2)23-14-13-19(3)15-26(23)35-29(34)27(20-9-5-4-6-10-20)30-31-28(33)24-16-21-11-7-8-12-22(21)17-25(24)32/h4-12,16-19,23,26,32H,13-15H2,1-3H3,(H,31,33)/t19-,23+,26-/m1/s1. The molecule has 0 saturated heterocycles. The van der Waals surface area contributed by atoms with Gasteiger partial charge in [-0.1, -0.05) is 81.8 Å². The highest BCUT2D eigenvalue weighted by atomic mass is 16.5. The van der Waals surface area contributed by atoms with Crippen LogP contribution in [0.2, 0.25) is 0 Å². The summed E-state index contributed by atoms with van der Waals surface area (Å²) in [5.41, 5.74) is 3.10. The second kappa shape index (κ2) is 10.7. The maximum absolute atomic E-state index is 13.3. The van der Waals surface area contributed by atoms with Crippen molar-refractivity contribution in [2.24, 2.45) is 22.9 Å². The number of ether oxygens (including phenoxy) is 1. The fraction of sp³-hybridized carbons (Fsp3) is 0.345. The molecule has 0 unspecified atom stereocenters. The van der Waals surface area contributed by atoms with Crippen molar-refractivity contribution in [1.82, 2.24) is 5.43 Å². The van der Waals surface area contributed by atoms with Gasteiger partial charge in [-0.05, 0) is 53.5 Å². The quantitative estimate of drug-likeness (QED) is 0.274. The fourth-order valence-electron chi connectivity index (χ4n) is 4.84. The third-order valence-corrected chi connectivity index (χ3v) is 6.84. The molecule has 182 valence electrons. The van der Waals surface area contributed by atoms with Crippen LogP contribution < -0.4 is 5.43 Å². The highest BCUT2D eigenvalue weighted by molar-refractivity contribution is 6.43. The molecule has 0 spiro atoms. The first kappa shape index (κ1) is 24.5. The van der Waals surface area contributed by atoms with Crippen LogP contribution >= 0.6 is 0 Å². The van der Waals surface area contributed by atoms with Crippen LogP contribution in [0.4, 0.5) is 0 Å². The lowest BCUT2D eigenvalue weighted by Crippen LogP contribution is -2.38. The van der Waals surface area contributed by atoms with E-state index in [1.165, 1.54) is 6.07 Å². The van der Waals surface area contributed by atoms with Crippen molar-refractivity contribution in [2.45, 2.75) is 46.1 Å². The number of esters is 1. The van der Waals surface area contributed by atoms with Crippen molar-refractivity contribution in [2.75, 3.05) is 0 Å². The molecule has 1 saturated carbocycles. The average molecular weight is 473 g/mol. The molecule has 3 atom stereocenters.